The Hall–Kier alpha value is -3.31. The van der Waals surface area contributed by atoms with E-state index in [2.05, 4.69) is 168 Å². The Labute approximate surface area is 360 Å². The van der Waals surface area contributed by atoms with Crippen LogP contribution in [-0.2, 0) is 46.7 Å². The molecule has 5 heteroatoms. The molecule has 4 nitrogen and oxygen atoms in total. The minimum Gasteiger partial charge on any atom is -0.493 e. The van der Waals surface area contributed by atoms with Gasteiger partial charge in [0, 0.05) is 36.8 Å². The monoisotopic (exact) mass is 852 g/mol. The van der Waals surface area contributed by atoms with Crippen LogP contribution < -0.4 is 14.2 Å². The number of ether oxygens (including phenoxy) is 3. The molecule has 0 saturated carbocycles. The Balaban J connectivity index is 1.97. The summed E-state index contributed by atoms with van der Waals surface area (Å²) in [6, 6.07) is 14.1. The van der Waals surface area contributed by atoms with Crippen molar-refractivity contribution >= 4 is 21.7 Å². The summed E-state index contributed by atoms with van der Waals surface area (Å²) >= 11 is 4.22. The summed E-state index contributed by atoms with van der Waals surface area (Å²) in [6.45, 7) is 35.6. The predicted molar refractivity (Wildman–Crippen MR) is 248 cm³/mol. The molecule has 5 rings (SSSR count). The molecular weight excluding hydrogens is 780 g/mol. The normalized spacial score (nSPS) is 16.1. The van der Waals surface area contributed by atoms with Gasteiger partial charge < -0.3 is 14.2 Å². The van der Waals surface area contributed by atoms with Gasteiger partial charge in [0.2, 0.25) is 0 Å². The number of hydrogen-bond donors (Lipinski definition) is 0. The minimum absolute atomic E-state index is 0.0926. The lowest BCUT2D eigenvalue weighted by Crippen LogP contribution is -2.37. The minimum atomic E-state index is -0.542. The lowest BCUT2D eigenvalue weighted by atomic mass is 9.72. The second kappa shape index (κ2) is 17.3. The van der Waals surface area contributed by atoms with E-state index in [0.717, 1.165) is 81.0 Å². The molecular formula is C53H73BrO4. The van der Waals surface area contributed by atoms with Crippen molar-refractivity contribution in [2.24, 2.45) is 5.41 Å². The molecule has 2 aliphatic rings. The van der Waals surface area contributed by atoms with E-state index in [-0.39, 0.29) is 27.4 Å². The molecule has 0 unspecified atom stereocenters. The van der Waals surface area contributed by atoms with Gasteiger partial charge in [-0.3, -0.25) is 4.79 Å². The van der Waals surface area contributed by atoms with Crippen LogP contribution in [0.1, 0.15) is 173 Å². The first-order chi connectivity index (χ1) is 26.9. The fourth-order valence-corrected chi connectivity index (χ4v) is 8.47. The summed E-state index contributed by atoms with van der Waals surface area (Å²) in [5, 5.41) is 0. The number of Topliss-reactive ketones (excluding diaryl/α,β-unsaturated/α-hetero) is 1. The molecule has 0 radical (unpaired) electrons. The van der Waals surface area contributed by atoms with Crippen molar-refractivity contribution in [1.29, 1.82) is 0 Å². The van der Waals surface area contributed by atoms with Crippen LogP contribution in [0.2, 0.25) is 0 Å². The molecule has 0 heterocycles. The first-order valence-corrected chi connectivity index (χ1v) is 22.7. The van der Waals surface area contributed by atoms with E-state index in [0.29, 0.717) is 45.5 Å². The van der Waals surface area contributed by atoms with E-state index in [1.54, 1.807) is 0 Å². The standard InChI is InChI=1S/C53H73BrO4/c1-16-19-56-46-34-22-36-28-43(50(7,8)9)30-38(47(36)57-20-17-2)24-40-32-53(54,52(13,14)15)33-41(45(40)55)25-39-31-44(51(10,11)12)29-37(48(39)58-21-18-3)23-35(46)27-42(26-34)49(4,5)6/h26-33H,16-25H2,1-15H3. The third-order valence-corrected chi connectivity index (χ3v) is 13.4. The van der Waals surface area contributed by atoms with Crippen LogP contribution >= 0.6 is 15.9 Å². The quantitative estimate of drug-likeness (QED) is 0.201. The fourth-order valence-electron chi connectivity index (χ4n) is 7.92. The maximum Gasteiger partial charge on any atom is 0.185 e. The molecule has 3 aromatic rings. The van der Waals surface area contributed by atoms with Gasteiger partial charge in [0.05, 0.1) is 24.1 Å². The van der Waals surface area contributed by atoms with Gasteiger partial charge >= 0.3 is 0 Å². The summed E-state index contributed by atoms with van der Waals surface area (Å²) in [5.41, 5.74) is 11.5. The van der Waals surface area contributed by atoms with Crippen molar-refractivity contribution in [2.45, 2.75) is 169 Å². The average molecular weight is 854 g/mol. The molecule has 0 fully saturated rings. The van der Waals surface area contributed by atoms with Crippen molar-refractivity contribution in [3.8, 4) is 17.2 Å². The van der Waals surface area contributed by atoms with Crippen LogP contribution in [-0.4, -0.2) is 29.9 Å². The average Bonchev–Trinajstić information content (AvgIpc) is 3.10. The first-order valence-electron chi connectivity index (χ1n) is 21.9. The van der Waals surface area contributed by atoms with Gasteiger partial charge in [-0.25, -0.2) is 0 Å². The van der Waals surface area contributed by atoms with Crippen molar-refractivity contribution in [3.63, 3.8) is 0 Å². The zero-order chi connectivity index (χ0) is 43.0. The Morgan fingerprint density at radius 2 is 0.741 bits per heavy atom. The van der Waals surface area contributed by atoms with E-state index < -0.39 is 4.32 Å². The number of benzene rings is 3. The van der Waals surface area contributed by atoms with E-state index >= 15 is 4.79 Å². The maximum absolute atomic E-state index is 15.1. The highest BCUT2D eigenvalue weighted by Crippen LogP contribution is 2.48. The summed E-state index contributed by atoms with van der Waals surface area (Å²) in [5.74, 6) is 2.83. The maximum atomic E-state index is 15.1. The largest absolute Gasteiger partial charge is 0.493 e. The van der Waals surface area contributed by atoms with Crippen LogP contribution in [0.4, 0.5) is 0 Å². The Kier molecular flexibility index (Phi) is 13.7. The fraction of sp³-hybridized carbons (Fsp3) is 0.566. The van der Waals surface area contributed by atoms with E-state index in [4.69, 9.17) is 14.2 Å². The highest BCUT2D eigenvalue weighted by atomic mass is 79.9. The number of carbonyl (C=O) groups excluding carboxylic acids is 1. The van der Waals surface area contributed by atoms with Crippen molar-refractivity contribution in [3.05, 3.63) is 110 Å². The zero-order valence-electron chi connectivity index (χ0n) is 38.7. The molecule has 58 heavy (non-hydrogen) atoms. The number of hydrogen-bond acceptors (Lipinski definition) is 4. The van der Waals surface area contributed by atoms with Gasteiger partial charge in [0.25, 0.3) is 0 Å². The molecule has 0 spiro atoms. The summed E-state index contributed by atoms with van der Waals surface area (Å²) in [7, 11) is 0. The third kappa shape index (κ3) is 10.2. The number of allylic oxidation sites excluding steroid dienone is 4. The van der Waals surface area contributed by atoms with Gasteiger partial charge in [-0.1, -0.05) is 168 Å². The van der Waals surface area contributed by atoms with Crippen LogP contribution in [0.25, 0.3) is 0 Å². The van der Waals surface area contributed by atoms with E-state index in [1.807, 2.05) is 0 Å². The van der Waals surface area contributed by atoms with E-state index in [9.17, 15) is 0 Å². The number of halogens is 1. The zero-order valence-corrected chi connectivity index (χ0v) is 40.3. The van der Waals surface area contributed by atoms with Crippen LogP contribution in [0, 0.1) is 5.41 Å². The smallest absolute Gasteiger partial charge is 0.185 e. The molecule has 0 aliphatic heterocycles. The van der Waals surface area contributed by atoms with Crippen molar-refractivity contribution < 1.29 is 19.0 Å². The Morgan fingerprint density at radius 3 is 0.966 bits per heavy atom. The summed E-state index contributed by atoms with van der Waals surface area (Å²) in [4.78, 5) is 15.1. The molecule has 2 aliphatic carbocycles. The number of ketones is 1. The third-order valence-electron chi connectivity index (χ3n) is 11.7. The van der Waals surface area contributed by atoms with Gasteiger partial charge in [-0.05, 0) is 91.0 Å². The lowest BCUT2D eigenvalue weighted by Gasteiger charge is -2.39. The van der Waals surface area contributed by atoms with Crippen LogP contribution in [0.15, 0.2) is 59.7 Å². The number of rotatable bonds is 9. The van der Waals surface area contributed by atoms with Crippen molar-refractivity contribution in [2.75, 3.05) is 19.8 Å². The predicted octanol–water partition coefficient (Wildman–Crippen LogP) is 13.8. The molecule has 0 N–H and O–H groups in total. The molecule has 316 valence electrons. The van der Waals surface area contributed by atoms with Gasteiger partial charge in [-0.15, -0.1) is 0 Å². The molecule has 0 amide bonds. The molecule has 0 aromatic heterocycles. The van der Waals surface area contributed by atoms with Crippen LogP contribution in [0.5, 0.6) is 17.2 Å². The highest BCUT2D eigenvalue weighted by Gasteiger charge is 2.41. The summed E-state index contributed by atoms with van der Waals surface area (Å²) < 4.78 is 20.0. The second-order valence-corrected chi connectivity index (χ2v) is 22.4. The first kappa shape index (κ1) is 45.8. The Morgan fingerprint density at radius 1 is 0.483 bits per heavy atom. The van der Waals surface area contributed by atoms with Gasteiger partial charge in [-0.2, -0.15) is 0 Å². The molecule has 0 atom stereocenters. The van der Waals surface area contributed by atoms with Gasteiger partial charge in [0.1, 0.15) is 17.2 Å². The van der Waals surface area contributed by atoms with Crippen molar-refractivity contribution in [1.82, 2.24) is 0 Å². The number of fused-ring (bicyclic) bond motifs is 8. The van der Waals surface area contributed by atoms with Crippen LogP contribution in [0.3, 0.4) is 0 Å². The van der Waals surface area contributed by atoms with Gasteiger partial charge in [0.15, 0.2) is 5.78 Å². The lowest BCUT2D eigenvalue weighted by molar-refractivity contribution is -0.112. The second-order valence-electron chi connectivity index (χ2n) is 21.1. The summed E-state index contributed by atoms with van der Waals surface area (Å²) in [6.07, 6.45) is 9.27. The molecule has 3 aromatic carbocycles. The number of alkyl halides is 1. The molecule has 8 bridgehead atoms. The highest BCUT2D eigenvalue weighted by molar-refractivity contribution is 9.10. The molecule has 0 saturated heterocycles. The number of carbonyl (C=O) groups is 1. The van der Waals surface area contributed by atoms with E-state index in [1.165, 1.54) is 16.7 Å². The topological polar surface area (TPSA) is 44.8 Å². The SMILES string of the molecule is CCCOc1c2cc(C(C)(C)C)cc1Cc1cc(C(C)(C)C)cc(c1OCCC)Cc1cc(C(C)(C)C)cc(c1OCCC)CC1=CC(Br)(C(C)(C)C)C=C(C2)C1=O. The Bertz CT molecular complexity index is 1930.